The summed E-state index contributed by atoms with van der Waals surface area (Å²) >= 11 is 0. The first-order valence-electron chi connectivity index (χ1n) is 7.13. The minimum Gasteiger partial charge on any atom is -0.394 e. The van der Waals surface area contributed by atoms with E-state index in [9.17, 15) is 14.7 Å². The number of amides is 2. The molecule has 114 valence electrons. The molecule has 1 aliphatic heterocycles. The standard InChI is InChI=1S/C15H21N3O3/c1-12(20)18-8-4-6-15(18,11-19)9-14(21)17-10-13-5-2-3-7-16-13/h2-3,5,7,19H,4,6,8-11H2,1H3,(H,17,21). The van der Waals surface area contributed by atoms with Crippen molar-refractivity contribution < 1.29 is 14.7 Å². The molecule has 0 saturated carbocycles. The molecule has 0 aliphatic carbocycles. The number of hydrogen-bond acceptors (Lipinski definition) is 4. The fourth-order valence-electron chi connectivity index (χ4n) is 2.89. The van der Waals surface area contributed by atoms with E-state index < -0.39 is 5.54 Å². The number of nitrogens with one attached hydrogen (secondary N) is 1. The molecule has 1 aromatic heterocycles. The van der Waals surface area contributed by atoms with Crippen LogP contribution in [0.15, 0.2) is 24.4 Å². The first-order valence-corrected chi connectivity index (χ1v) is 7.13. The smallest absolute Gasteiger partial charge is 0.222 e. The molecule has 2 rings (SSSR count). The van der Waals surface area contributed by atoms with Crippen molar-refractivity contribution in [2.75, 3.05) is 13.2 Å². The van der Waals surface area contributed by atoms with Crippen molar-refractivity contribution >= 4 is 11.8 Å². The molecule has 1 saturated heterocycles. The maximum Gasteiger partial charge on any atom is 0.222 e. The second kappa shape index (κ2) is 6.67. The van der Waals surface area contributed by atoms with Gasteiger partial charge in [0.25, 0.3) is 0 Å². The van der Waals surface area contributed by atoms with Crippen LogP contribution in [0.5, 0.6) is 0 Å². The summed E-state index contributed by atoms with van der Waals surface area (Å²) in [6, 6.07) is 5.51. The van der Waals surface area contributed by atoms with Crippen LogP contribution in [-0.4, -0.2) is 45.5 Å². The number of carbonyl (C=O) groups excluding carboxylic acids is 2. The highest BCUT2D eigenvalue weighted by atomic mass is 16.3. The first-order chi connectivity index (χ1) is 10.1. The summed E-state index contributed by atoms with van der Waals surface area (Å²) < 4.78 is 0. The van der Waals surface area contributed by atoms with Crippen LogP contribution in [0.3, 0.4) is 0 Å². The quantitative estimate of drug-likeness (QED) is 0.826. The van der Waals surface area contributed by atoms with E-state index in [1.807, 2.05) is 18.2 Å². The number of carbonyl (C=O) groups is 2. The van der Waals surface area contributed by atoms with E-state index in [1.54, 1.807) is 11.1 Å². The predicted octanol–water partition coefficient (Wildman–Crippen LogP) is 0.461. The van der Waals surface area contributed by atoms with Gasteiger partial charge in [0.2, 0.25) is 11.8 Å². The van der Waals surface area contributed by atoms with Gasteiger partial charge < -0.3 is 15.3 Å². The zero-order valence-corrected chi connectivity index (χ0v) is 12.2. The van der Waals surface area contributed by atoms with Gasteiger partial charge in [-0.2, -0.15) is 0 Å². The van der Waals surface area contributed by atoms with Crippen LogP contribution in [0.25, 0.3) is 0 Å². The molecule has 0 aromatic carbocycles. The number of pyridine rings is 1. The Labute approximate surface area is 124 Å². The molecule has 0 radical (unpaired) electrons. The van der Waals surface area contributed by atoms with Gasteiger partial charge in [0.15, 0.2) is 0 Å². The van der Waals surface area contributed by atoms with Crippen LogP contribution in [0.4, 0.5) is 0 Å². The summed E-state index contributed by atoms with van der Waals surface area (Å²) in [5.74, 6) is -0.276. The molecule has 6 heteroatoms. The Kier molecular flexibility index (Phi) is 4.90. The van der Waals surface area contributed by atoms with E-state index in [0.29, 0.717) is 19.5 Å². The summed E-state index contributed by atoms with van der Waals surface area (Å²) in [6.07, 6.45) is 3.26. The minimum atomic E-state index is -0.750. The Morgan fingerprint density at radius 1 is 1.48 bits per heavy atom. The van der Waals surface area contributed by atoms with Crippen LogP contribution >= 0.6 is 0 Å². The number of aliphatic hydroxyl groups excluding tert-OH is 1. The monoisotopic (exact) mass is 291 g/mol. The average molecular weight is 291 g/mol. The Morgan fingerprint density at radius 2 is 2.29 bits per heavy atom. The molecule has 2 heterocycles. The van der Waals surface area contributed by atoms with Crippen molar-refractivity contribution in [2.24, 2.45) is 0 Å². The summed E-state index contributed by atoms with van der Waals surface area (Å²) in [6.45, 7) is 2.23. The van der Waals surface area contributed by atoms with Gasteiger partial charge in [-0.3, -0.25) is 14.6 Å². The van der Waals surface area contributed by atoms with Gasteiger partial charge in [0.1, 0.15) is 0 Å². The second-order valence-electron chi connectivity index (χ2n) is 5.43. The van der Waals surface area contributed by atoms with Crippen molar-refractivity contribution in [3.63, 3.8) is 0 Å². The van der Waals surface area contributed by atoms with E-state index >= 15 is 0 Å². The van der Waals surface area contributed by atoms with Crippen LogP contribution in [0.1, 0.15) is 31.9 Å². The van der Waals surface area contributed by atoms with Crippen LogP contribution in [-0.2, 0) is 16.1 Å². The van der Waals surface area contributed by atoms with Crippen molar-refractivity contribution in [2.45, 2.75) is 38.3 Å². The predicted molar refractivity (Wildman–Crippen MR) is 77.1 cm³/mol. The summed E-state index contributed by atoms with van der Waals surface area (Å²) in [4.78, 5) is 29.5. The molecule has 6 nitrogen and oxygen atoms in total. The highest BCUT2D eigenvalue weighted by molar-refractivity contribution is 5.80. The lowest BCUT2D eigenvalue weighted by Crippen LogP contribution is -2.51. The number of rotatable bonds is 5. The topological polar surface area (TPSA) is 82.5 Å². The van der Waals surface area contributed by atoms with E-state index in [2.05, 4.69) is 10.3 Å². The van der Waals surface area contributed by atoms with Crippen molar-refractivity contribution in [3.05, 3.63) is 30.1 Å². The molecule has 0 spiro atoms. The molecular weight excluding hydrogens is 270 g/mol. The third-order valence-corrected chi connectivity index (χ3v) is 3.95. The first kappa shape index (κ1) is 15.4. The summed E-state index contributed by atoms with van der Waals surface area (Å²) in [5.41, 5.74) is 0.0266. The molecule has 1 unspecified atom stereocenters. The number of likely N-dealkylation sites (tertiary alicyclic amines) is 1. The lowest BCUT2D eigenvalue weighted by atomic mass is 9.92. The zero-order valence-electron chi connectivity index (χ0n) is 12.2. The van der Waals surface area contributed by atoms with Gasteiger partial charge in [-0.25, -0.2) is 0 Å². The molecule has 1 atom stereocenters. The number of aliphatic hydroxyl groups is 1. The van der Waals surface area contributed by atoms with Gasteiger partial charge >= 0.3 is 0 Å². The number of hydrogen-bond donors (Lipinski definition) is 2. The lowest BCUT2D eigenvalue weighted by molar-refractivity contribution is -0.137. The molecule has 1 aromatic rings. The van der Waals surface area contributed by atoms with Gasteiger partial charge in [-0.15, -0.1) is 0 Å². The number of nitrogens with zero attached hydrogens (tertiary/aromatic N) is 2. The molecular formula is C15H21N3O3. The SMILES string of the molecule is CC(=O)N1CCCC1(CO)CC(=O)NCc1ccccn1. The van der Waals surface area contributed by atoms with Gasteiger partial charge in [0, 0.05) is 19.7 Å². The van der Waals surface area contributed by atoms with Crippen LogP contribution in [0, 0.1) is 0 Å². The maximum absolute atomic E-state index is 12.1. The molecule has 2 amide bonds. The Hall–Kier alpha value is -1.95. The highest BCUT2D eigenvalue weighted by Gasteiger charge is 2.43. The van der Waals surface area contributed by atoms with Crippen LogP contribution < -0.4 is 5.32 Å². The van der Waals surface area contributed by atoms with E-state index in [0.717, 1.165) is 12.1 Å². The van der Waals surface area contributed by atoms with Crippen molar-refractivity contribution in [1.29, 1.82) is 0 Å². The van der Waals surface area contributed by atoms with E-state index in [-0.39, 0.29) is 24.8 Å². The van der Waals surface area contributed by atoms with E-state index in [1.165, 1.54) is 6.92 Å². The van der Waals surface area contributed by atoms with Crippen molar-refractivity contribution in [1.82, 2.24) is 15.2 Å². The summed E-state index contributed by atoms with van der Waals surface area (Å²) in [7, 11) is 0. The molecule has 2 N–H and O–H groups in total. The lowest BCUT2D eigenvalue weighted by Gasteiger charge is -2.36. The van der Waals surface area contributed by atoms with Gasteiger partial charge in [-0.1, -0.05) is 6.07 Å². The van der Waals surface area contributed by atoms with Crippen molar-refractivity contribution in [3.8, 4) is 0 Å². The normalized spacial score (nSPS) is 21.3. The summed E-state index contributed by atoms with van der Waals surface area (Å²) in [5, 5.41) is 12.5. The maximum atomic E-state index is 12.1. The Morgan fingerprint density at radius 3 is 2.90 bits per heavy atom. The van der Waals surface area contributed by atoms with Gasteiger partial charge in [0.05, 0.1) is 30.8 Å². The largest absolute Gasteiger partial charge is 0.394 e. The molecule has 1 fully saturated rings. The fourth-order valence-corrected chi connectivity index (χ4v) is 2.89. The molecule has 0 bridgehead atoms. The number of aromatic nitrogens is 1. The van der Waals surface area contributed by atoms with E-state index in [4.69, 9.17) is 0 Å². The Balaban J connectivity index is 1.95. The second-order valence-corrected chi connectivity index (χ2v) is 5.43. The molecule has 21 heavy (non-hydrogen) atoms. The van der Waals surface area contributed by atoms with Gasteiger partial charge in [-0.05, 0) is 25.0 Å². The highest BCUT2D eigenvalue weighted by Crippen LogP contribution is 2.32. The minimum absolute atomic E-state index is 0.0981. The fraction of sp³-hybridized carbons (Fsp3) is 0.533. The Bertz CT molecular complexity index is 506. The third kappa shape index (κ3) is 3.58. The molecule has 1 aliphatic rings. The van der Waals surface area contributed by atoms with Crippen LogP contribution in [0.2, 0.25) is 0 Å². The third-order valence-electron chi connectivity index (χ3n) is 3.95. The average Bonchev–Trinajstić information content (AvgIpc) is 2.90. The zero-order chi connectivity index (χ0) is 15.3.